The lowest BCUT2D eigenvalue weighted by atomic mass is 9.67. The zero-order chi connectivity index (χ0) is 14.7. The van der Waals surface area contributed by atoms with Gasteiger partial charge in [-0.3, -0.25) is 4.79 Å². The highest BCUT2D eigenvalue weighted by Crippen LogP contribution is 2.43. The van der Waals surface area contributed by atoms with E-state index < -0.39 is 0 Å². The molecular formula is C18H32N2O. The summed E-state index contributed by atoms with van der Waals surface area (Å²) in [4.78, 5) is 15.2. The maximum absolute atomic E-state index is 13.0. The van der Waals surface area contributed by atoms with Crippen molar-refractivity contribution in [2.45, 2.75) is 70.8 Å². The first-order valence-electron chi connectivity index (χ1n) is 9.30. The SMILES string of the molecule is CCN(C(=O)C1CCC2CCCCC2C1)C1CCCNC1. The summed E-state index contributed by atoms with van der Waals surface area (Å²) >= 11 is 0. The van der Waals surface area contributed by atoms with E-state index in [9.17, 15) is 4.79 Å². The summed E-state index contributed by atoms with van der Waals surface area (Å²) in [5, 5.41) is 3.46. The molecule has 1 saturated heterocycles. The standard InChI is InChI=1S/C18H32N2O/c1-2-20(17-8-5-11-19-13-17)18(21)16-10-9-14-6-3-4-7-15(14)12-16/h14-17,19H,2-13H2,1H3. The number of likely N-dealkylation sites (N-methyl/N-ethyl adjacent to an activating group) is 1. The normalized spacial score (nSPS) is 36.8. The Labute approximate surface area is 129 Å². The second-order valence-corrected chi connectivity index (χ2v) is 7.44. The van der Waals surface area contributed by atoms with E-state index in [1.165, 1.54) is 51.4 Å². The number of fused-ring (bicyclic) bond motifs is 1. The lowest BCUT2D eigenvalue weighted by molar-refractivity contribution is -0.140. The smallest absolute Gasteiger partial charge is 0.225 e. The van der Waals surface area contributed by atoms with Crippen molar-refractivity contribution in [3.05, 3.63) is 0 Å². The Balaban J connectivity index is 1.60. The zero-order valence-electron chi connectivity index (χ0n) is 13.7. The van der Waals surface area contributed by atoms with Gasteiger partial charge in [0.2, 0.25) is 5.91 Å². The molecule has 2 aliphatic carbocycles. The van der Waals surface area contributed by atoms with Crippen LogP contribution in [0.2, 0.25) is 0 Å². The molecule has 21 heavy (non-hydrogen) atoms. The quantitative estimate of drug-likeness (QED) is 0.866. The summed E-state index contributed by atoms with van der Waals surface area (Å²) in [6.07, 6.45) is 11.7. The fourth-order valence-electron chi connectivity index (χ4n) is 5.03. The predicted octanol–water partition coefficient (Wildman–Crippen LogP) is 3.19. The molecule has 4 atom stereocenters. The van der Waals surface area contributed by atoms with Gasteiger partial charge < -0.3 is 10.2 Å². The molecule has 0 spiro atoms. The Morgan fingerprint density at radius 3 is 2.57 bits per heavy atom. The first-order chi connectivity index (χ1) is 10.3. The number of carbonyl (C=O) groups is 1. The fraction of sp³-hybridized carbons (Fsp3) is 0.944. The maximum Gasteiger partial charge on any atom is 0.225 e. The number of piperidine rings is 1. The third-order valence-corrected chi connectivity index (χ3v) is 6.22. The average Bonchev–Trinajstić information content (AvgIpc) is 2.56. The first-order valence-corrected chi connectivity index (χ1v) is 9.30. The molecule has 0 bridgehead atoms. The number of hydrogen-bond acceptors (Lipinski definition) is 2. The van der Waals surface area contributed by atoms with Crippen LogP contribution in [-0.4, -0.2) is 36.5 Å². The van der Waals surface area contributed by atoms with Gasteiger partial charge in [-0.1, -0.05) is 25.7 Å². The Morgan fingerprint density at radius 2 is 1.86 bits per heavy atom. The predicted molar refractivity (Wildman–Crippen MR) is 86.1 cm³/mol. The first kappa shape index (κ1) is 15.3. The topological polar surface area (TPSA) is 32.3 Å². The van der Waals surface area contributed by atoms with Crippen LogP contribution >= 0.6 is 0 Å². The van der Waals surface area contributed by atoms with Crippen molar-refractivity contribution in [1.29, 1.82) is 0 Å². The van der Waals surface area contributed by atoms with E-state index in [2.05, 4.69) is 17.1 Å². The molecule has 0 aromatic rings. The van der Waals surface area contributed by atoms with E-state index >= 15 is 0 Å². The van der Waals surface area contributed by atoms with E-state index in [0.717, 1.165) is 37.9 Å². The summed E-state index contributed by atoms with van der Waals surface area (Å²) in [6.45, 7) is 5.16. The molecule has 3 fully saturated rings. The molecule has 1 heterocycles. The molecule has 120 valence electrons. The van der Waals surface area contributed by atoms with Crippen LogP contribution in [0.5, 0.6) is 0 Å². The van der Waals surface area contributed by atoms with Crippen molar-refractivity contribution in [3.8, 4) is 0 Å². The van der Waals surface area contributed by atoms with Crippen LogP contribution in [0.4, 0.5) is 0 Å². The van der Waals surface area contributed by atoms with Crippen LogP contribution in [0.25, 0.3) is 0 Å². The van der Waals surface area contributed by atoms with Gasteiger partial charge in [-0.05, 0) is 57.4 Å². The van der Waals surface area contributed by atoms with Crippen LogP contribution in [0, 0.1) is 17.8 Å². The Hall–Kier alpha value is -0.570. The fourth-order valence-corrected chi connectivity index (χ4v) is 5.03. The minimum Gasteiger partial charge on any atom is -0.338 e. The van der Waals surface area contributed by atoms with E-state index in [1.807, 2.05) is 0 Å². The molecule has 3 heteroatoms. The summed E-state index contributed by atoms with van der Waals surface area (Å²) < 4.78 is 0. The highest BCUT2D eigenvalue weighted by molar-refractivity contribution is 5.79. The van der Waals surface area contributed by atoms with Gasteiger partial charge in [-0.25, -0.2) is 0 Å². The van der Waals surface area contributed by atoms with Crippen LogP contribution < -0.4 is 5.32 Å². The van der Waals surface area contributed by atoms with Crippen molar-refractivity contribution in [1.82, 2.24) is 10.2 Å². The van der Waals surface area contributed by atoms with Crippen molar-refractivity contribution < 1.29 is 4.79 Å². The summed E-state index contributed by atoms with van der Waals surface area (Å²) in [5.74, 6) is 2.58. The Kier molecular flexibility index (Phi) is 5.20. The van der Waals surface area contributed by atoms with Crippen molar-refractivity contribution in [2.24, 2.45) is 17.8 Å². The van der Waals surface area contributed by atoms with Gasteiger partial charge in [0.05, 0.1) is 0 Å². The average molecular weight is 292 g/mol. The van der Waals surface area contributed by atoms with Gasteiger partial charge >= 0.3 is 0 Å². The highest BCUT2D eigenvalue weighted by Gasteiger charge is 2.37. The van der Waals surface area contributed by atoms with Crippen LogP contribution in [0.15, 0.2) is 0 Å². The molecule has 0 aromatic heterocycles. The van der Waals surface area contributed by atoms with E-state index in [-0.39, 0.29) is 0 Å². The highest BCUT2D eigenvalue weighted by atomic mass is 16.2. The van der Waals surface area contributed by atoms with Gasteiger partial charge in [0, 0.05) is 25.0 Å². The van der Waals surface area contributed by atoms with Crippen molar-refractivity contribution >= 4 is 5.91 Å². The second kappa shape index (κ2) is 7.13. The molecule has 1 amide bonds. The molecule has 3 rings (SSSR count). The third kappa shape index (κ3) is 3.44. The molecule has 2 saturated carbocycles. The van der Waals surface area contributed by atoms with E-state index in [4.69, 9.17) is 0 Å². The maximum atomic E-state index is 13.0. The second-order valence-electron chi connectivity index (χ2n) is 7.44. The van der Waals surface area contributed by atoms with Crippen LogP contribution in [0.3, 0.4) is 0 Å². The summed E-state index contributed by atoms with van der Waals surface area (Å²) in [5.41, 5.74) is 0. The molecule has 4 unspecified atom stereocenters. The number of carbonyl (C=O) groups excluding carboxylic acids is 1. The van der Waals surface area contributed by atoms with E-state index in [1.54, 1.807) is 0 Å². The van der Waals surface area contributed by atoms with Gasteiger partial charge in [0.1, 0.15) is 0 Å². The summed E-state index contributed by atoms with van der Waals surface area (Å²) in [6, 6.07) is 0.445. The minimum atomic E-state index is 0.325. The number of nitrogens with one attached hydrogen (secondary N) is 1. The Bertz CT molecular complexity index is 351. The molecule has 3 aliphatic rings. The Morgan fingerprint density at radius 1 is 1.05 bits per heavy atom. The third-order valence-electron chi connectivity index (χ3n) is 6.22. The molecule has 3 nitrogen and oxygen atoms in total. The van der Waals surface area contributed by atoms with Crippen molar-refractivity contribution in [3.63, 3.8) is 0 Å². The molecule has 1 aliphatic heterocycles. The van der Waals surface area contributed by atoms with Gasteiger partial charge in [0.15, 0.2) is 0 Å². The molecule has 1 N–H and O–H groups in total. The summed E-state index contributed by atoms with van der Waals surface area (Å²) in [7, 11) is 0. The number of nitrogens with zero attached hydrogens (tertiary/aromatic N) is 1. The minimum absolute atomic E-state index is 0.325. The molecular weight excluding hydrogens is 260 g/mol. The lowest BCUT2D eigenvalue weighted by Gasteiger charge is -2.42. The number of rotatable bonds is 3. The molecule has 0 radical (unpaired) electrons. The largest absolute Gasteiger partial charge is 0.338 e. The monoisotopic (exact) mass is 292 g/mol. The van der Waals surface area contributed by atoms with Crippen LogP contribution in [0.1, 0.15) is 64.7 Å². The lowest BCUT2D eigenvalue weighted by Crippen LogP contribution is -2.51. The van der Waals surface area contributed by atoms with Crippen LogP contribution in [-0.2, 0) is 4.79 Å². The number of hydrogen-bond donors (Lipinski definition) is 1. The van der Waals surface area contributed by atoms with E-state index in [0.29, 0.717) is 17.9 Å². The number of amides is 1. The zero-order valence-corrected chi connectivity index (χ0v) is 13.7. The van der Waals surface area contributed by atoms with Gasteiger partial charge in [0.25, 0.3) is 0 Å². The van der Waals surface area contributed by atoms with Gasteiger partial charge in [-0.15, -0.1) is 0 Å². The van der Waals surface area contributed by atoms with Gasteiger partial charge in [-0.2, -0.15) is 0 Å². The molecule has 0 aromatic carbocycles. The van der Waals surface area contributed by atoms with Crippen molar-refractivity contribution in [2.75, 3.05) is 19.6 Å².